The van der Waals surface area contributed by atoms with Gasteiger partial charge in [-0.15, -0.1) is 0 Å². The van der Waals surface area contributed by atoms with E-state index >= 15 is 0 Å². The number of aliphatic carboxylic acids is 1. The second-order valence-corrected chi connectivity index (χ2v) is 4.85. The number of carboxylic acids is 1. The number of hydrogen-bond donors (Lipinski definition) is 2. The van der Waals surface area contributed by atoms with E-state index in [2.05, 4.69) is 20.2 Å². The van der Waals surface area contributed by atoms with E-state index in [1.165, 1.54) is 0 Å². The van der Waals surface area contributed by atoms with E-state index < -0.39 is 5.97 Å². The van der Waals surface area contributed by atoms with Gasteiger partial charge >= 0.3 is 5.97 Å². The van der Waals surface area contributed by atoms with Crippen LogP contribution in [0.3, 0.4) is 0 Å². The normalized spacial score (nSPS) is 19.3. The van der Waals surface area contributed by atoms with Gasteiger partial charge in [-0.25, -0.2) is 9.97 Å². The van der Waals surface area contributed by atoms with Crippen LogP contribution in [0.2, 0.25) is 0 Å². The molecule has 0 saturated carbocycles. The third kappa shape index (κ3) is 3.33. The van der Waals surface area contributed by atoms with Crippen LogP contribution in [-0.2, 0) is 4.79 Å². The summed E-state index contributed by atoms with van der Waals surface area (Å²) in [4.78, 5) is 21.8. The van der Waals surface area contributed by atoms with Gasteiger partial charge in [0, 0.05) is 25.7 Å². The van der Waals surface area contributed by atoms with Crippen molar-refractivity contribution in [3.8, 4) is 0 Å². The van der Waals surface area contributed by atoms with E-state index in [-0.39, 0.29) is 12.5 Å². The molecule has 1 aromatic rings. The van der Waals surface area contributed by atoms with Gasteiger partial charge in [0.15, 0.2) is 0 Å². The van der Waals surface area contributed by atoms with Crippen LogP contribution in [0.5, 0.6) is 0 Å². The molecule has 1 aliphatic rings. The monoisotopic (exact) mass is 264 g/mol. The maximum Gasteiger partial charge on any atom is 0.305 e. The minimum Gasteiger partial charge on any atom is -0.481 e. The number of piperidine rings is 1. The zero-order chi connectivity index (χ0) is 13.8. The van der Waals surface area contributed by atoms with Crippen molar-refractivity contribution in [1.29, 1.82) is 0 Å². The summed E-state index contributed by atoms with van der Waals surface area (Å²) < 4.78 is 0. The number of aromatic nitrogens is 2. The quantitative estimate of drug-likeness (QED) is 0.861. The summed E-state index contributed by atoms with van der Waals surface area (Å²) in [6.45, 7) is 2.71. The third-order valence-corrected chi connectivity index (χ3v) is 3.41. The molecule has 2 heterocycles. The summed E-state index contributed by atoms with van der Waals surface area (Å²) in [6.07, 6.45) is 3.23. The highest BCUT2D eigenvalue weighted by atomic mass is 16.4. The standard InChI is InChI=1S/C13H20N4O2/c1-9-15-11(14-2)8-12(16-9)17-6-4-3-5-10(17)7-13(18)19/h8,10H,3-7H2,1-2H3,(H,18,19)(H,14,15,16). The smallest absolute Gasteiger partial charge is 0.305 e. The number of hydrogen-bond acceptors (Lipinski definition) is 5. The SMILES string of the molecule is CNc1cc(N2CCCCC2CC(=O)O)nc(C)n1. The van der Waals surface area contributed by atoms with Crippen molar-refractivity contribution < 1.29 is 9.90 Å². The van der Waals surface area contributed by atoms with Gasteiger partial charge in [-0.2, -0.15) is 0 Å². The zero-order valence-corrected chi connectivity index (χ0v) is 11.4. The summed E-state index contributed by atoms with van der Waals surface area (Å²) in [5.41, 5.74) is 0. The second kappa shape index (κ2) is 5.86. The van der Waals surface area contributed by atoms with Crippen LogP contribution < -0.4 is 10.2 Å². The summed E-state index contributed by atoms with van der Waals surface area (Å²) in [5, 5.41) is 12.0. The van der Waals surface area contributed by atoms with Gasteiger partial charge < -0.3 is 15.3 Å². The first kappa shape index (κ1) is 13.6. The van der Waals surface area contributed by atoms with E-state index in [1.54, 1.807) is 0 Å². The highest BCUT2D eigenvalue weighted by molar-refractivity contribution is 5.68. The molecule has 1 unspecified atom stereocenters. The highest BCUT2D eigenvalue weighted by Gasteiger charge is 2.26. The van der Waals surface area contributed by atoms with Gasteiger partial charge in [0.1, 0.15) is 17.5 Å². The number of nitrogens with one attached hydrogen (secondary N) is 1. The van der Waals surface area contributed by atoms with Gasteiger partial charge in [-0.1, -0.05) is 0 Å². The van der Waals surface area contributed by atoms with Gasteiger partial charge in [0.25, 0.3) is 0 Å². The number of anilines is 2. The first-order valence-electron chi connectivity index (χ1n) is 6.62. The Morgan fingerprint density at radius 2 is 2.32 bits per heavy atom. The van der Waals surface area contributed by atoms with E-state index in [1.807, 2.05) is 20.0 Å². The van der Waals surface area contributed by atoms with Crippen LogP contribution in [-0.4, -0.2) is 40.7 Å². The molecule has 0 amide bonds. The molecule has 1 atom stereocenters. The van der Waals surface area contributed by atoms with Gasteiger partial charge in [0.05, 0.1) is 6.42 Å². The fourth-order valence-corrected chi connectivity index (χ4v) is 2.54. The molecule has 1 fully saturated rings. The number of carboxylic acid groups (broad SMARTS) is 1. The third-order valence-electron chi connectivity index (χ3n) is 3.41. The molecule has 1 aromatic heterocycles. The maximum atomic E-state index is 11.0. The van der Waals surface area contributed by atoms with Crippen molar-refractivity contribution in [3.05, 3.63) is 11.9 Å². The van der Waals surface area contributed by atoms with Crippen LogP contribution in [0.4, 0.5) is 11.6 Å². The van der Waals surface area contributed by atoms with Crippen LogP contribution in [0.15, 0.2) is 6.07 Å². The number of rotatable bonds is 4. The Hall–Kier alpha value is -1.85. The predicted molar refractivity (Wildman–Crippen MR) is 73.6 cm³/mol. The molecule has 0 spiro atoms. The van der Waals surface area contributed by atoms with E-state index in [0.29, 0.717) is 5.82 Å². The lowest BCUT2D eigenvalue weighted by molar-refractivity contribution is -0.137. The number of carbonyl (C=O) groups is 1. The minimum absolute atomic E-state index is 0.0326. The summed E-state index contributed by atoms with van der Waals surface area (Å²) in [6, 6.07) is 1.91. The predicted octanol–water partition coefficient (Wildman–Crippen LogP) is 1.66. The lowest BCUT2D eigenvalue weighted by Gasteiger charge is -2.36. The van der Waals surface area contributed by atoms with E-state index in [0.717, 1.165) is 37.4 Å². The Morgan fingerprint density at radius 1 is 1.53 bits per heavy atom. The van der Waals surface area contributed by atoms with E-state index in [4.69, 9.17) is 5.11 Å². The maximum absolute atomic E-state index is 11.0. The average molecular weight is 264 g/mol. The number of nitrogens with zero attached hydrogens (tertiary/aromatic N) is 3. The van der Waals surface area contributed by atoms with Crippen LogP contribution in [0.25, 0.3) is 0 Å². The molecule has 1 aliphatic heterocycles. The second-order valence-electron chi connectivity index (χ2n) is 4.85. The highest BCUT2D eigenvalue weighted by Crippen LogP contribution is 2.26. The van der Waals surface area contributed by atoms with Gasteiger partial charge in [-0.05, 0) is 26.2 Å². The van der Waals surface area contributed by atoms with Crippen LogP contribution >= 0.6 is 0 Å². The molecule has 0 bridgehead atoms. The molecule has 6 nitrogen and oxygen atoms in total. The lowest BCUT2D eigenvalue weighted by atomic mass is 9.99. The first-order valence-corrected chi connectivity index (χ1v) is 6.62. The van der Waals surface area contributed by atoms with Crippen molar-refractivity contribution in [2.75, 3.05) is 23.8 Å². The van der Waals surface area contributed by atoms with Crippen molar-refractivity contribution in [3.63, 3.8) is 0 Å². The molecule has 104 valence electrons. The van der Waals surface area contributed by atoms with Gasteiger partial charge in [-0.3, -0.25) is 4.79 Å². The van der Waals surface area contributed by atoms with Crippen molar-refractivity contribution in [2.45, 2.75) is 38.6 Å². The van der Waals surface area contributed by atoms with Crippen LogP contribution in [0.1, 0.15) is 31.5 Å². The van der Waals surface area contributed by atoms with Crippen molar-refractivity contribution in [2.24, 2.45) is 0 Å². The Kier molecular flexibility index (Phi) is 4.19. The topological polar surface area (TPSA) is 78.4 Å². The molecular formula is C13H20N4O2. The Balaban J connectivity index is 2.26. The zero-order valence-electron chi connectivity index (χ0n) is 11.4. The average Bonchev–Trinajstić information content (AvgIpc) is 2.38. The molecule has 6 heteroatoms. The number of aryl methyl sites for hydroxylation is 1. The molecule has 1 saturated heterocycles. The fourth-order valence-electron chi connectivity index (χ4n) is 2.54. The van der Waals surface area contributed by atoms with Crippen LogP contribution in [0, 0.1) is 6.92 Å². The minimum atomic E-state index is -0.753. The van der Waals surface area contributed by atoms with Crippen molar-refractivity contribution >= 4 is 17.6 Å². The van der Waals surface area contributed by atoms with Crippen molar-refractivity contribution in [1.82, 2.24) is 9.97 Å². The Morgan fingerprint density at radius 3 is 3.00 bits per heavy atom. The van der Waals surface area contributed by atoms with E-state index in [9.17, 15) is 4.79 Å². The molecule has 0 radical (unpaired) electrons. The molecule has 0 aromatic carbocycles. The lowest BCUT2D eigenvalue weighted by Crippen LogP contribution is -2.41. The molecular weight excluding hydrogens is 244 g/mol. The summed E-state index contributed by atoms with van der Waals surface area (Å²) in [5.74, 6) is 1.53. The fraction of sp³-hybridized carbons (Fsp3) is 0.615. The molecule has 2 rings (SSSR count). The Labute approximate surface area is 112 Å². The largest absolute Gasteiger partial charge is 0.481 e. The molecule has 0 aliphatic carbocycles. The molecule has 19 heavy (non-hydrogen) atoms. The summed E-state index contributed by atoms with van der Waals surface area (Å²) >= 11 is 0. The van der Waals surface area contributed by atoms with Gasteiger partial charge in [0.2, 0.25) is 0 Å². The molecule has 2 N–H and O–H groups in total. The Bertz CT molecular complexity index is 464. The first-order chi connectivity index (χ1) is 9.10. The summed E-state index contributed by atoms with van der Waals surface area (Å²) in [7, 11) is 1.82.